The lowest BCUT2D eigenvalue weighted by Gasteiger charge is -2.24. The first-order valence-electron chi connectivity index (χ1n) is 9.37. The number of rotatable bonds is 10. The van der Waals surface area contributed by atoms with Crippen LogP contribution in [0.2, 0.25) is 0 Å². The summed E-state index contributed by atoms with van der Waals surface area (Å²) in [5, 5.41) is 19.5. The van der Waals surface area contributed by atoms with E-state index in [4.69, 9.17) is 14.2 Å². The number of hydrogen-bond donors (Lipinski definition) is 2. The van der Waals surface area contributed by atoms with Gasteiger partial charge in [0.1, 0.15) is 0 Å². The molecule has 5 nitrogen and oxygen atoms in total. The van der Waals surface area contributed by atoms with Crippen LogP contribution in [0.25, 0.3) is 0 Å². The Balaban J connectivity index is 2.04. The van der Waals surface area contributed by atoms with Gasteiger partial charge in [-0.1, -0.05) is 26.0 Å². The van der Waals surface area contributed by atoms with Crippen molar-refractivity contribution in [3.63, 3.8) is 0 Å². The van der Waals surface area contributed by atoms with E-state index in [2.05, 4.69) is 13.8 Å². The van der Waals surface area contributed by atoms with Gasteiger partial charge in [-0.05, 0) is 61.1 Å². The highest BCUT2D eigenvalue weighted by atomic mass is 16.5. The Kier molecular flexibility index (Phi) is 7.80. The molecule has 2 rings (SSSR count). The van der Waals surface area contributed by atoms with Crippen LogP contribution in [0.3, 0.4) is 0 Å². The van der Waals surface area contributed by atoms with Crippen molar-refractivity contribution in [3.8, 4) is 23.0 Å². The lowest BCUT2D eigenvalue weighted by molar-refractivity contribution is -0.0147. The minimum Gasteiger partial charge on any atom is -0.504 e. The van der Waals surface area contributed by atoms with Gasteiger partial charge >= 0.3 is 0 Å². The lowest BCUT2D eigenvalue weighted by atomic mass is 10.0. The van der Waals surface area contributed by atoms with Crippen LogP contribution >= 0.6 is 0 Å². The van der Waals surface area contributed by atoms with Crippen LogP contribution in [0.5, 0.6) is 23.0 Å². The summed E-state index contributed by atoms with van der Waals surface area (Å²) >= 11 is 0. The van der Waals surface area contributed by atoms with Gasteiger partial charge in [-0.2, -0.15) is 0 Å². The number of methoxy groups -OCH3 is 2. The molecule has 0 spiro atoms. The molecule has 0 fully saturated rings. The van der Waals surface area contributed by atoms with E-state index in [0.29, 0.717) is 11.5 Å². The summed E-state index contributed by atoms with van der Waals surface area (Å²) in [6.07, 6.45) is 3.42. The fourth-order valence-electron chi connectivity index (χ4n) is 3.07. The molecule has 0 aliphatic carbocycles. The third kappa shape index (κ3) is 5.79. The van der Waals surface area contributed by atoms with Crippen LogP contribution in [0, 0.1) is 0 Å². The molecule has 5 heteroatoms. The maximum Gasteiger partial charge on any atom is 0.160 e. The first-order valence-corrected chi connectivity index (χ1v) is 9.37. The Morgan fingerprint density at radius 1 is 0.741 bits per heavy atom. The number of aromatic hydroxyl groups is 2. The molecule has 148 valence electrons. The van der Waals surface area contributed by atoms with Gasteiger partial charge < -0.3 is 24.4 Å². The first kappa shape index (κ1) is 20.9. The Morgan fingerprint density at radius 2 is 1.15 bits per heavy atom. The summed E-state index contributed by atoms with van der Waals surface area (Å²) in [5.74, 6) is 1.24. The Labute approximate surface area is 161 Å². The van der Waals surface area contributed by atoms with Crippen LogP contribution in [-0.2, 0) is 17.6 Å². The van der Waals surface area contributed by atoms with Crippen LogP contribution in [-0.4, -0.2) is 36.6 Å². The monoisotopic (exact) mass is 374 g/mol. The first-order chi connectivity index (χ1) is 13.0. The molecule has 0 saturated carbocycles. The second-order valence-electron chi connectivity index (χ2n) is 6.62. The van der Waals surface area contributed by atoms with Crippen LogP contribution < -0.4 is 9.47 Å². The minimum atomic E-state index is 0.0724. The molecular formula is C22H30O5. The summed E-state index contributed by atoms with van der Waals surface area (Å²) < 4.78 is 16.7. The maximum atomic E-state index is 9.75. The Morgan fingerprint density at radius 3 is 1.48 bits per heavy atom. The van der Waals surface area contributed by atoms with E-state index in [9.17, 15) is 10.2 Å². The van der Waals surface area contributed by atoms with Gasteiger partial charge in [-0.15, -0.1) is 0 Å². The molecular weight excluding hydrogens is 344 g/mol. The van der Waals surface area contributed by atoms with Gasteiger partial charge in [0.25, 0.3) is 0 Å². The highest BCUT2D eigenvalue weighted by Crippen LogP contribution is 2.29. The standard InChI is InChI=1S/C22H30O5/c1-5-17(11-15-7-9-19(23)21(13-15)25-3)27-18(6-2)12-16-8-10-20(24)22(14-16)26-4/h7-10,13-14,17-18,23-24H,5-6,11-12H2,1-4H3. The van der Waals surface area contributed by atoms with E-state index in [0.717, 1.165) is 36.8 Å². The highest BCUT2D eigenvalue weighted by molar-refractivity contribution is 5.42. The van der Waals surface area contributed by atoms with Crippen molar-refractivity contribution in [3.05, 3.63) is 47.5 Å². The zero-order valence-electron chi connectivity index (χ0n) is 16.6. The Hall–Kier alpha value is -2.40. The number of hydrogen-bond acceptors (Lipinski definition) is 5. The van der Waals surface area contributed by atoms with Crippen LogP contribution in [0.15, 0.2) is 36.4 Å². The zero-order valence-corrected chi connectivity index (χ0v) is 16.6. The molecule has 0 heterocycles. The molecule has 2 aromatic rings. The number of benzene rings is 2. The van der Waals surface area contributed by atoms with E-state index in [-0.39, 0.29) is 23.7 Å². The van der Waals surface area contributed by atoms with Gasteiger partial charge in [-0.25, -0.2) is 0 Å². The van der Waals surface area contributed by atoms with Crippen LogP contribution in [0.1, 0.15) is 37.8 Å². The average Bonchev–Trinajstić information content (AvgIpc) is 2.69. The fourth-order valence-corrected chi connectivity index (χ4v) is 3.07. The molecule has 2 aromatic carbocycles. The molecule has 2 atom stereocenters. The van der Waals surface area contributed by atoms with Gasteiger partial charge in [0.05, 0.1) is 26.4 Å². The van der Waals surface area contributed by atoms with E-state index >= 15 is 0 Å². The largest absolute Gasteiger partial charge is 0.504 e. The lowest BCUT2D eigenvalue weighted by Crippen LogP contribution is -2.25. The van der Waals surface area contributed by atoms with E-state index in [1.807, 2.05) is 24.3 Å². The molecule has 0 aromatic heterocycles. The van der Waals surface area contributed by atoms with Gasteiger partial charge in [0.15, 0.2) is 23.0 Å². The summed E-state index contributed by atoms with van der Waals surface area (Å²) in [6.45, 7) is 4.22. The summed E-state index contributed by atoms with van der Waals surface area (Å²) in [6, 6.07) is 10.8. The van der Waals surface area contributed by atoms with E-state index < -0.39 is 0 Å². The SMILES string of the molecule is CCC(Cc1ccc(O)c(OC)c1)OC(CC)Cc1ccc(O)c(OC)c1. The summed E-state index contributed by atoms with van der Waals surface area (Å²) in [4.78, 5) is 0. The third-order valence-corrected chi connectivity index (χ3v) is 4.71. The predicted molar refractivity (Wildman–Crippen MR) is 106 cm³/mol. The van der Waals surface area contributed by atoms with Gasteiger partial charge in [-0.3, -0.25) is 0 Å². The van der Waals surface area contributed by atoms with Crippen molar-refractivity contribution in [1.82, 2.24) is 0 Å². The smallest absolute Gasteiger partial charge is 0.160 e. The van der Waals surface area contributed by atoms with E-state index in [1.165, 1.54) is 0 Å². The van der Waals surface area contributed by atoms with Crippen LogP contribution in [0.4, 0.5) is 0 Å². The molecule has 0 bridgehead atoms. The summed E-state index contributed by atoms with van der Waals surface area (Å²) in [5.41, 5.74) is 2.13. The third-order valence-electron chi connectivity index (χ3n) is 4.71. The van der Waals surface area contributed by atoms with Crippen molar-refractivity contribution in [1.29, 1.82) is 0 Å². The van der Waals surface area contributed by atoms with Crippen molar-refractivity contribution in [2.45, 2.75) is 51.7 Å². The van der Waals surface area contributed by atoms with Crippen molar-refractivity contribution in [2.24, 2.45) is 0 Å². The quantitative estimate of drug-likeness (QED) is 0.642. The molecule has 0 radical (unpaired) electrons. The molecule has 0 aliphatic heterocycles. The topological polar surface area (TPSA) is 68.2 Å². The fraction of sp³-hybridized carbons (Fsp3) is 0.455. The number of phenols is 2. The molecule has 0 amide bonds. The molecule has 0 aliphatic rings. The van der Waals surface area contributed by atoms with Crippen molar-refractivity contribution in [2.75, 3.05) is 14.2 Å². The predicted octanol–water partition coefficient (Wildman–Crippen LogP) is 4.47. The average molecular weight is 374 g/mol. The molecule has 27 heavy (non-hydrogen) atoms. The molecule has 2 unspecified atom stereocenters. The number of phenolic OH excluding ortho intramolecular Hbond substituents is 2. The van der Waals surface area contributed by atoms with Gasteiger partial charge in [0.2, 0.25) is 0 Å². The number of ether oxygens (including phenoxy) is 3. The zero-order chi connectivity index (χ0) is 19.8. The van der Waals surface area contributed by atoms with Crippen molar-refractivity contribution >= 4 is 0 Å². The second-order valence-corrected chi connectivity index (χ2v) is 6.62. The minimum absolute atomic E-state index is 0.0724. The van der Waals surface area contributed by atoms with Crippen molar-refractivity contribution < 1.29 is 24.4 Å². The highest BCUT2D eigenvalue weighted by Gasteiger charge is 2.17. The molecule has 0 saturated heterocycles. The van der Waals surface area contributed by atoms with Gasteiger partial charge in [0, 0.05) is 0 Å². The maximum absolute atomic E-state index is 9.75. The second kappa shape index (κ2) is 10.1. The molecule has 2 N–H and O–H groups in total. The summed E-state index contributed by atoms with van der Waals surface area (Å²) in [7, 11) is 3.09. The Bertz CT molecular complexity index is 667. The normalized spacial score (nSPS) is 13.2. The van der Waals surface area contributed by atoms with E-state index in [1.54, 1.807) is 26.4 Å².